The number of hydrogen-bond donors (Lipinski definition) is 0. The van der Waals surface area contributed by atoms with Crippen molar-refractivity contribution < 1.29 is 19.1 Å². The average Bonchev–Trinajstić information content (AvgIpc) is 2.47. The summed E-state index contributed by atoms with van der Waals surface area (Å²) in [6.45, 7) is 1.69. The zero-order valence-electron chi connectivity index (χ0n) is 11.0. The Balaban J connectivity index is 2.13. The molecular weight excluding hydrogens is 260 g/mol. The van der Waals surface area contributed by atoms with Crippen molar-refractivity contribution in [3.8, 4) is 5.75 Å². The second kappa shape index (κ2) is 5.92. The van der Waals surface area contributed by atoms with Crippen LogP contribution in [0.3, 0.4) is 0 Å². The second-order valence-electron chi connectivity index (χ2n) is 3.93. The molecule has 0 fully saturated rings. The molecule has 0 unspecified atom stereocenters. The zero-order valence-corrected chi connectivity index (χ0v) is 11.0. The molecule has 0 N–H and O–H groups in total. The fraction of sp³-hybridized carbons (Fsp3) is 0.143. The van der Waals surface area contributed by atoms with Gasteiger partial charge in [0.15, 0.2) is 0 Å². The van der Waals surface area contributed by atoms with Crippen LogP contribution < -0.4 is 4.74 Å². The van der Waals surface area contributed by atoms with Gasteiger partial charge in [0.05, 0.1) is 23.9 Å². The lowest BCUT2D eigenvalue weighted by molar-refractivity contribution is 0.0600. The van der Waals surface area contributed by atoms with Crippen molar-refractivity contribution in [3.63, 3.8) is 0 Å². The fourth-order valence-corrected chi connectivity index (χ4v) is 1.53. The Hall–Kier alpha value is -2.76. The van der Waals surface area contributed by atoms with Gasteiger partial charge in [-0.1, -0.05) is 0 Å². The topological polar surface area (TPSA) is 78.4 Å². The molecule has 0 amide bonds. The number of carbonyl (C=O) groups is 2. The molecule has 1 aromatic carbocycles. The van der Waals surface area contributed by atoms with Crippen molar-refractivity contribution in [1.82, 2.24) is 9.97 Å². The summed E-state index contributed by atoms with van der Waals surface area (Å²) in [5.74, 6) is -0.671. The average molecular weight is 272 g/mol. The van der Waals surface area contributed by atoms with Gasteiger partial charge in [0.2, 0.25) is 0 Å². The van der Waals surface area contributed by atoms with Crippen LogP contribution in [0.25, 0.3) is 0 Å². The molecule has 0 atom stereocenters. The van der Waals surface area contributed by atoms with Crippen LogP contribution >= 0.6 is 0 Å². The van der Waals surface area contributed by atoms with Crippen LogP contribution in [0, 0.1) is 6.92 Å². The number of carbonyl (C=O) groups excluding carboxylic acids is 2. The molecule has 6 nitrogen and oxygen atoms in total. The van der Waals surface area contributed by atoms with Crippen LogP contribution in [0.2, 0.25) is 0 Å². The number of methoxy groups -OCH3 is 1. The summed E-state index contributed by atoms with van der Waals surface area (Å²) in [5, 5.41) is 0. The number of rotatable bonds is 3. The summed E-state index contributed by atoms with van der Waals surface area (Å²) in [6, 6.07) is 6.07. The molecule has 0 aliphatic rings. The van der Waals surface area contributed by atoms with Crippen LogP contribution in [0.4, 0.5) is 0 Å². The second-order valence-corrected chi connectivity index (χ2v) is 3.93. The molecule has 102 valence electrons. The number of benzene rings is 1. The Morgan fingerprint density at radius 2 is 1.80 bits per heavy atom. The normalized spacial score (nSPS) is 9.90. The molecule has 20 heavy (non-hydrogen) atoms. The summed E-state index contributed by atoms with van der Waals surface area (Å²) in [4.78, 5) is 30.9. The van der Waals surface area contributed by atoms with Gasteiger partial charge in [-0.3, -0.25) is 0 Å². The van der Waals surface area contributed by atoms with E-state index in [4.69, 9.17) is 4.74 Å². The molecule has 2 rings (SSSR count). The highest BCUT2D eigenvalue weighted by atomic mass is 16.5. The maximum Gasteiger partial charge on any atom is 0.346 e. The number of ether oxygens (including phenoxy) is 2. The highest BCUT2D eigenvalue weighted by Crippen LogP contribution is 2.15. The molecule has 0 spiro atoms. The lowest BCUT2D eigenvalue weighted by Gasteiger charge is -2.06. The first kappa shape index (κ1) is 13.7. The number of esters is 2. The molecule has 0 saturated heterocycles. The molecular formula is C14H12N2O4. The number of aromatic nitrogens is 2. The van der Waals surface area contributed by atoms with E-state index in [2.05, 4.69) is 14.7 Å². The molecule has 1 aromatic heterocycles. The van der Waals surface area contributed by atoms with Crippen LogP contribution in [-0.4, -0.2) is 29.0 Å². The van der Waals surface area contributed by atoms with Crippen LogP contribution in [0.15, 0.2) is 36.8 Å². The molecule has 0 aliphatic heterocycles. The van der Waals surface area contributed by atoms with E-state index >= 15 is 0 Å². The third-order valence-corrected chi connectivity index (χ3v) is 2.62. The van der Waals surface area contributed by atoms with Gasteiger partial charge < -0.3 is 9.47 Å². The van der Waals surface area contributed by atoms with Gasteiger partial charge in [-0.15, -0.1) is 0 Å². The van der Waals surface area contributed by atoms with E-state index < -0.39 is 11.9 Å². The Kier molecular flexibility index (Phi) is 4.05. The highest BCUT2D eigenvalue weighted by molar-refractivity contribution is 5.92. The molecule has 0 aliphatic carbocycles. The quantitative estimate of drug-likeness (QED) is 0.626. The molecule has 1 heterocycles. The maximum atomic E-state index is 11.9. The minimum atomic E-state index is -0.547. The van der Waals surface area contributed by atoms with Crippen molar-refractivity contribution in [3.05, 3.63) is 53.6 Å². The molecule has 0 radical (unpaired) electrons. The first-order chi connectivity index (χ1) is 9.61. The van der Waals surface area contributed by atoms with Crippen LogP contribution in [0.1, 0.15) is 26.4 Å². The molecule has 2 aromatic rings. The largest absolute Gasteiger partial charge is 0.465 e. The summed E-state index contributed by atoms with van der Waals surface area (Å²) in [6.07, 6.45) is 2.75. The Morgan fingerprint density at radius 1 is 1.10 bits per heavy atom. The summed E-state index contributed by atoms with van der Waals surface area (Å²) >= 11 is 0. The standard InChI is InChI=1S/C14H12N2O4/c1-9-12(7-15-8-16-9)14(18)20-11-5-3-10(4-6-11)13(17)19-2/h3-8H,1-2H3. The van der Waals surface area contributed by atoms with E-state index in [1.54, 1.807) is 6.92 Å². The molecule has 0 bridgehead atoms. The van der Waals surface area contributed by atoms with E-state index in [1.165, 1.54) is 43.9 Å². The first-order valence-corrected chi connectivity index (χ1v) is 5.79. The predicted molar refractivity (Wildman–Crippen MR) is 69.5 cm³/mol. The van der Waals surface area contributed by atoms with E-state index in [1.807, 2.05) is 0 Å². The SMILES string of the molecule is COC(=O)c1ccc(OC(=O)c2cncnc2C)cc1. The number of aryl methyl sites for hydroxylation is 1. The Bertz CT molecular complexity index is 638. The van der Waals surface area contributed by atoms with E-state index in [9.17, 15) is 9.59 Å². The fourth-order valence-electron chi connectivity index (χ4n) is 1.53. The smallest absolute Gasteiger partial charge is 0.346 e. The van der Waals surface area contributed by atoms with Crippen molar-refractivity contribution in [2.45, 2.75) is 6.92 Å². The monoisotopic (exact) mass is 272 g/mol. The van der Waals surface area contributed by atoms with Crippen molar-refractivity contribution in [2.24, 2.45) is 0 Å². The van der Waals surface area contributed by atoms with E-state index in [0.29, 0.717) is 22.6 Å². The Labute approximate surface area is 115 Å². The van der Waals surface area contributed by atoms with Crippen molar-refractivity contribution in [1.29, 1.82) is 0 Å². The zero-order chi connectivity index (χ0) is 14.5. The van der Waals surface area contributed by atoms with Gasteiger partial charge in [0, 0.05) is 6.20 Å². The van der Waals surface area contributed by atoms with Gasteiger partial charge in [-0.05, 0) is 31.2 Å². The number of hydrogen-bond acceptors (Lipinski definition) is 6. The van der Waals surface area contributed by atoms with Gasteiger partial charge >= 0.3 is 11.9 Å². The molecule has 6 heteroatoms. The molecule has 0 saturated carbocycles. The Morgan fingerprint density at radius 3 is 2.40 bits per heavy atom. The maximum absolute atomic E-state index is 11.9. The number of nitrogens with zero attached hydrogens (tertiary/aromatic N) is 2. The van der Waals surface area contributed by atoms with Gasteiger partial charge in [0.1, 0.15) is 12.1 Å². The predicted octanol–water partition coefficient (Wildman–Crippen LogP) is 1.79. The minimum Gasteiger partial charge on any atom is -0.465 e. The third-order valence-electron chi connectivity index (χ3n) is 2.62. The first-order valence-electron chi connectivity index (χ1n) is 5.79. The lowest BCUT2D eigenvalue weighted by Crippen LogP contribution is -2.11. The van der Waals surface area contributed by atoms with Crippen molar-refractivity contribution >= 4 is 11.9 Å². The summed E-state index contributed by atoms with van der Waals surface area (Å²) in [5.41, 5.74) is 1.22. The van der Waals surface area contributed by atoms with Crippen LogP contribution in [0.5, 0.6) is 5.75 Å². The van der Waals surface area contributed by atoms with Crippen molar-refractivity contribution in [2.75, 3.05) is 7.11 Å². The van der Waals surface area contributed by atoms with Crippen LogP contribution in [-0.2, 0) is 4.74 Å². The lowest BCUT2D eigenvalue weighted by atomic mass is 10.2. The summed E-state index contributed by atoms with van der Waals surface area (Å²) < 4.78 is 9.76. The van der Waals surface area contributed by atoms with E-state index in [-0.39, 0.29) is 0 Å². The van der Waals surface area contributed by atoms with Gasteiger partial charge in [-0.2, -0.15) is 0 Å². The minimum absolute atomic E-state index is 0.296. The third kappa shape index (κ3) is 2.97. The van der Waals surface area contributed by atoms with Gasteiger partial charge in [-0.25, -0.2) is 19.6 Å². The van der Waals surface area contributed by atoms with E-state index in [0.717, 1.165) is 0 Å². The highest BCUT2D eigenvalue weighted by Gasteiger charge is 2.13. The summed E-state index contributed by atoms with van der Waals surface area (Å²) in [7, 11) is 1.30. The van der Waals surface area contributed by atoms with Gasteiger partial charge in [0.25, 0.3) is 0 Å².